The Labute approximate surface area is 117 Å². The molecule has 0 fully saturated rings. The maximum Gasteiger partial charge on any atom is 0.326 e. The summed E-state index contributed by atoms with van der Waals surface area (Å²) in [5.74, 6) is -1.94. The molecular formula is C15H18FNO3. The van der Waals surface area contributed by atoms with Gasteiger partial charge >= 0.3 is 5.97 Å². The quantitative estimate of drug-likeness (QED) is 0.832. The SMILES string of the molecule is CC(C)(C)C(NC(=O)/C=C/c1ccc(F)cc1)C(=O)O. The van der Waals surface area contributed by atoms with E-state index in [0.717, 1.165) is 0 Å². The lowest BCUT2D eigenvalue weighted by Gasteiger charge is -2.27. The summed E-state index contributed by atoms with van der Waals surface area (Å²) in [4.78, 5) is 22.8. The third-order valence-corrected chi connectivity index (χ3v) is 2.70. The first kappa shape index (κ1) is 15.9. The number of benzene rings is 1. The third-order valence-electron chi connectivity index (χ3n) is 2.70. The normalized spacial score (nSPS) is 13.2. The number of hydrogen-bond donors (Lipinski definition) is 2. The van der Waals surface area contributed by atoms with E-state index in [2.05, 4.69) is 5.32 Å². The Balaban J connectivity index is 2.71. The van der Waals surface area contributed by atoms with Crippen molar-refractivity contribution < 1.29 is 19.1 Å². The first-order chi connectivity index (χ1) is 9.20. The molecule has 2 N–H and O–H groups in total. The number of hydrogen-bond acceptors (Lipinski definition) is 2. The fourth-order valence-corrected chi connectivity index (χ4v) is 1.58. The largest absolute Gasteiger partial charge is 0.480 e. The van der Waals surface area contributed by atoms with Gasteiger partial charge in [0.1, 0.15) is 11.9 Å². The van der Waals surface area contributed by atoms with E-state index in [4.69, 9.17) is 5.11 Å². The van der Waals surface area contributed by atoms with E-state index in [0.29, 0.717) is 5.56 Å². The van der Waals surface area contributed by atoms with Crippen molar-refractivity contribution in [1.29, 1.82) is 0 Å². The van der Waals surface area contributed by atoms with Crippen molar-refractivity contribution in [2.75, 3.05) is 0 Å². The van der Waals surface area contributed by atoms with Crippen LogP contribution in [0.25, 0.3) is 6.08 Å². The Hall–Kier alpha value is -2.17. The van der Waals surface area contributed by atoms with Gasteiger partial charge in [-0.3, -0.25) is 4.79 Å². The number of carboxylic acid groups (broad SMARTS) is 1. The molecule has 0 spiro atoms. The number of carbonyl (C=O) groups is 2. The van der Waals surface area contributed by atoms with Crippen LogP contribution in [-0.2, 0) is 9.59 Å². The van der Waals surface area contributed by atoms with Crippen LogP contribution in [0.1, 0.15) is 26.3 Å². The van der Waals surface area contributed by atoms with Gasteiger partial charge < -0.3 is 10.4 Å². The Morgan fingerprint density at radius 1 is 1.25 bits per heavy atom. The van der Waals surface area contributed by atoms with E-state index in [1.165, 1.54) is 36.4 Å². The average Bonchev–Trinajstić information content (AvgIpc) is 2.33. The van der Waals surface area contributed by atoms with Crippen LogP contribution in [0, 0.1) is 11.2 Å². The van der Waals surface area contributed by atoms with Gasteiger partial charge in [0.25, 0.3) is 0 Å². The molecule has 0 aliphatic carbocycles. The Morgan fingerprint density at radius 2 is 1.80 bits per heavy atom. The molecule has 0 saturated heterocycles. The monoisotopic (exact) mass is 279 g/mol. The van der Waals surface area contributed by atoms with Crippen LogP contribution in [-0.4, -0.2) is 23.0 Å². The highest BCUT2D eigenvalue weighted by Gasteiger charge is 2.31. The number of aliphatic carboxylic acids is 1. The predicted octanol–water partition coefficient (Wildman–Crippen LogP) is 2.45. The molecule has 1 aromatic carbocycles. The molecule has 0 radical (unpaired) electrons. The summed E-state index contributed by atoms with van der Waals surface area (Å²) in [7, 11) is 0. The van der Waals surface area contributed by atoms with Crippen molar-refractivity contribution in [2.45, 2.75) is 26.8 Å². The molecule has 0 bridgehead atoms. The van der Waals surface area contributed by atoms with Gasteiger partial charge in [0.15, 0.2) is 0 Å². The molecule has 4 nitrogen and oxygen atoms in total. The Morgan fingerprint density at radius 3 is 2.25 bits per heavy atom. The first-order valence-corrected chi connectivity index (χ1v) is 6.17. The molecule has 0 aliphatic rings. The number of rotatable bonds is 4. The number of carboxylic acids is 1. The maximum absolute atomic E-state index is 12.7. The average molecular weight is 279 g/mol. The number of carbonyl (C=O) groups excluding carboxylic acids is 1. The minimum atomic E-state index is -1.08. The highest BCUT2D eigenvalue weighted by Crippen LogP contribution is 2.19. The lowest BCUT2D eigenvalue weighted by atomic mass is 9.87. The van der Waals surface area contributed by atoms with Crippen molar-refractivity contribution in [3.63, 3.8) is 0 Å². The summed E-state index contributed by atoms with van der Waals surface area (Å²) in [5.41, 5.74) is 0.0646. The van der Waals surface area contributed by atoms with Gasteiger partial charge in [0.2, 0.25) is 5.91 Å². The van der Waals surface area contributed by atoms with Crippen LogP contribution in [0.15, 0.2) is 30.3 Å². The number of nitrogens with one attached hydrogen (secondary N) is 1. The summed E-state index contributed by atoms with van der Waals surface area (Å²) in [6.07, 6.45) is 2.73. The van der Waals surface area contributed by atoms with Gasteiger partial charge in [-0.15, -0.1) is 0 Å². The summed E-state index contributed by atoms with van der Waals surface area (Å²) < 4.78 is 12.7. The zero-order chi connectivity index (χ0) is 15.3. The van der Waals surface area contributed by atoms with E-state index >= 15 is 0 Å². The lowest BCUT2D eigenvalue weighted by Crippen LogP contribution is -2.48. The number of halogens is 1. The van der Waals surface area contributed by atoms with Crippen molar-refractivity contribution in [2.24, 2.45) is 5.41 Å². The Kier molecular flexibility index (Phi) is 5.02. The van der Waals surface area contributed by atoms with Gasteiger partial charge in [0.05, 0.1) is 0 Å². The second-order valence-electron chi connectivity index (χ2n) is 5.53. The van der Waals surface area contributed by atoms with Crippen LogP contribution >= 0.6 is 0 Å². The molecule has 0 aliphatic heterocycles. The minimum Gasteiger partial charge on any atom is -0.480 e. The summed E-state index contributed by atoms with van der Waals surface area (Å²) in [6, 6.07) is 4.64. The van der Waals surface area contributed by atoms with E-state index in [1.807, 2.05) is 0 Å². The first-order valence-electron chi connectivity index (χ1n) is 6.17. The molecule has 108 valence electrons. The van der Waals surface area contributed by atoms with Crippen LogP contribution in [0.5, 0.6) is 0 Å². The molecular weight excluding hydrogens is 261 g/mol. The van der Waals surface area contributed by atoms with Crippen LogP contribution in [0.3, 0.4) is 0 Å². The fraction of sp³-hybridized carbons (Fsp3) is 0.333. The maximum atomic E-state index is 12.7. The van der Waals surface area contributed by atoms with Gasteiger partial charge in [-0.25, -0.2) is 9.18 Å². The molecule has 20 heavy (non-hydrogen) atoms. The molecule has 5 heteroatoms. The number of amides is 1. The molecule has 0 saturated carbocycles. The van der Waals surface area contributed by atoms with Crippen LogP contribution < -0.4 is 5.32 Å². The molecule has 1 amide bonds. The van der Waals surface area contributed by atoms with Crippen molar-refractivity contribution >= 4 is 18.0 Å². The van der Waals surface area contributed by atoms with Crippen molar-refractivity contribution in [3.05, 3.63) is 41.7 Å². The minimum absolute atomic E-state index is 0.356. The highest BCUT2D eigenvalue weighted by molar-refractivity contribution is 5.94. The topological polar surface area (TPSA) is 66.4 Å². The zero-order valence-corrected chi connectivity index (χ0v) is 11.7. The fourth-order valence-electron chi connectivity index (χ4n) is 1.58. The van der Waals surface area contributed by atoms with E-state index in [9.17, 15) is 14.0 Å². The third kappa shape index (κ3) is 4.84. The van der Waals surface area contributed by atoms with Crippen LogP contribution in [0.2, 0.25) is 0 Å². The van der Waals surface area contributed by atoms with Gasteiger partial charge in [-0.2, -0.15) is 0 Å². The lowest BCUT2D eigenvalue weighted by molar-refractivity contribution is -0.144. The van der Waals surface area contributed by atoms with E-state index in [1.54, 1.807) is 20.8 Å². The second kappa shape index (κ2) is 6.32. The second-order valence-corrected chi connectivity index (χ2v) is 5.53. The molecule has 1 unspecified atom stereocenters. The highest BCUT2D eigenvalue weighted by atomic mass is 19.1. The molecule has 0 aromatic heterocycles. The van der Waals surface area contributed by atoms with Crippen molar-refractivity contribution in [1.82, 2.24) is 5.32 Å². The van der Waals surface area contributed by atoms with E-state index in [-0.39, 0.29) is 5.82 Å². The standard InChI is InChI=1S/C15H18FNO3/c1-15(2,3)13(14(19)20)17-12(18)9-6-10-4-7-11(16)8-5-10/h4-9,13H,1-3H3,(H,17,18)(H,19,20)/b9-6+. The van der Waals surface area contributed by atoms with Crippen LogP contribution in [0.4, 0.5) is 4.39 Å². The Bertz CT molecular complexity index is 515. The summed E-state index contributed by atoms with van der Waals surface area (Å²) >= 11 is 0. The molecule has 1 atom stereocenters. The van der Waals surface area contributed by atoms with Gasteiger partial charge in [0, 0.05) is 6.08 Å². The zero-order valence-electron chi connectivity index (χ0n) is 11.7. The molecule has 1 aromatic rings. The molecule has 0 heterocycles. The van der Waals surface area contributed by atoms with Crippen molar-refractivity contribution in [3.8, 4) is 0 Å². The van der Waals surface area contributed by atoms with Gasteiger partial charge in [-0.1, -0.05) is 32.9 Å². The van der Waals surface area contributed by atoms with Gasteiger partial charge in [-0.05, 0) is 29.2 Å². The summed E-state index contributed by atoms with van der Waals surface area (Å²) in [5, 5.41) is 11.5. The van der Waals surface area contributed by atoms with E-state index < -0.39 is 23.3 Å². The smallest absolute Gasteiger partial charge is 0.326 e. The summed E-state index contributed by atoms with van der Waals surface area (Å²) in [6.45, 7) is 5.20. The predicted molar refractivity (Wildman–Crippen MR) is 74.5 cm³/mol. The molecule has 1 rings (SSSR count).